The van der Waals surface area contributed by atoms with Crippen molar-refractivity contribution < 1.29 is 17.9 Å². The summed E-state index contributed by atoms with van der Waals surface area (Å²) in [6, 6.07) is 9.89. The lowest BCUT2D eigenvalue weighted by Gasteiger charge is -2.22. The maximum atomic E-state index is 13.3. The topological polar surface area (TPSA) is 93.5 Å². The Morgan fingerprint density at radius 1 is 1.19 bits per heavy atom. The molecule has 0 aliphatic rings. The van der Waals surface area contributed by atoms with Gasteiger partial charge in [-0.1, -0.05) is 18.2 Å². The van der Waals surface area contributed by atoms with Gasteiger partial charge in [0.2, 0.25) is 10.0 Å². The second-order valence-corrected chi connectivity index (χ2v) is 9.87. The number of benzene rings is 2. The molecule has 0 fully saturated rings. The van der Waals surface area contributed by atoms with Gasteiger partial charge in [-0.3, -0.25) is 4.79 Å². The molecule has 0 saturated carbocycles. The molecule has 1 amide bonds. The van der Waals surface area contributed by atoms with E-state index in [9.17, 15) is 13.2 Å². The number of para-hydroxylation sites is 1. The Kier molecular flexibility index (Phi) is 6.71. The molecule has 1 heterocycles. The largest absolute Gasteiger partial charge is 0.496 e. The fraction of sp³-hybridized carbons (Fsp3) is 0.304. The van der Waals surface area contributed by atoms with Crippen LogP contribution in [0.15, 0.2) is 53.7 Å². The van der Waals surface area contributed by atoms with Crippen molar-refractivity contribution in [3.8, 4) is 5.75 Å². The first-order chi connectivity index (χ1) is 15.1. The number of aryl methyl sites for hydroxylation is 2. The lowest BCUT2D eigenvalue weighted by molar-refractivity contribution is 0.0940. The molecule has 0 aliphatic carbocycles. The zero-order valence-corrected chi connectivity index (χ0v) is 19.9. The van der Waals surface area contributed by atoms with Crippen LogP contribution in [0.2, 0.25) is 0 Å². The van der Waals surface area contributed by atoms with Gasteiger partial charge in [-0.2, -0.15) is 0 Å². The second kappa shape index (κ2) is 9.13. The van der Waals surface area contributed by atoms with Gasteiger partial charge in [-0.25, -0.2) is 17.7 Å². The van der Waals surface area contributed by atoms with Crippen LogP contribution in [-0.2, 0) is 17.1 Å². The van der Waals surface area contributed by atoms with E-state index in [-0.39, 0.29) is 10.5 Å². The smallest absolute Gasteiger partial charge is 0.252 e. The molecule has 8 nitrogen and oxygen atoms in total. The summed E-state index contributed by atoms with van der Waals surface area (Å²) in [6.07, 6.45) is 3.45. The van der Waals surface area contributed by atoms with Crippen molar-refractivity contribution in [1.29, 1.82) is 0 Å². The van der Waals surface area contributed by atoms with E-state index in [2.05, 4.69) is 10.3 Å². The Bertz CT molecular complexity index is 1250. The minimum Gasteiger partial charge on any atom is -0.496 e. The molecular weight excluding hydrogens is 428 g/mol. The summed E-state index contributed by atoms with van der Waals surface area (Å²) < 4.78 is 34.1. The number of rotatable bonds is 7. The number of nitrogens with zero attached hydrogens (tertiary/aromatic N) is 3. The Hall–Kier alpha value is -3.17. The minimum absolute atomic E-state index is 0.110. The Morgan fingerprint density at radius 2 is 1.88 bits per heavy atom. The molecule has 32 heavy (non-hydrogen) atoms. The molecule has 0 bridgehead atoms. The van der Waals surface area contributed by atoms with Crippen molar-refractivity contribution in [3.05, 3.63) is 76.9 Å². The van der Waals surface area contributed by atoms with Crippen molar-refractivity contribution in [2.45, 2.75) is 24.8 Å². The zero-order chi connectivity index (χ0) is 23.6. The third kappa shape index (κ3) is 4.39. The van der Waals surface area contributed by atoms with E-state index in [1.54, 1.807) is 39.4 Å². The van der Waals surface area contributed by atoms with Gasteiger partial charge in [0.05, 0.1) is 12.0 Å². The van der Waals surface area contributed by atoms with Crippen LogP contribution in [0.3, 0.4) is 0 Å². The Labute approximate surface area is 188 Å². The Balaban J connectivity index is 2.08. The summed E-state index contributed by atoms with van der Waals surface area (Å²) in [5.41, 5.74) is 2.31. The number of amides is 1. The molecule has 2 aromatic carbocycles. The monoisotopic (exact) mass is 456 g/mol. The molecule has 3 rings (SSSR count). The van der Waals surface area contributed by atoms with Gasteiger partial charge < -0.3 is 14.6 Å². The molecule has 1 N–H and O–H groups in total. The maximum Gasteiger partial charge on any atom is 0.252 e. The molecular formula is C23H28N4O4S. The molecule has 0 aliphatic heterocycles. The summed E-state index contributed by atoms with van der Waals surface area (Å²) in [5.74, 6) is 0.812. The fourth-order valence-electron chi connectivity index (χ4n) is 3.48. The van der Waals surface area contributed by atoms with E-state index in [4.69, 9.17) is 4.74 Å². The van der Waals surface area contributed by atoms with Crippen LogP contribution in [0.25, 0.3) is 0 Å². The zero-order valence-electron chi connectivity index (χ0n) is 19.1. The van der Waals surface area contributed by atoms with E-state index < -0.39 is 22.0 Å². The maximum absolute atomic E-state index is 13.3. The molecule has 170 valence electrons. The predicted octanol–water partition coefficient (Wildman–Crippen LogP) is 2.82. The molecule has 1 unspecified atom stereocenters. The summed E-state index contributed by atoms with van der Waals surface area (Å²) in [6.45, 7) is 3.52. The normalized spacial score (nSPS) is 12.6. The number of hydrogen-bond acceptors (Lipinski definition) is 5. The molecule has 0 saturated heterocycles. The lowest BCUT2D eigenvalue weighted by atomic mass is 10.0. The van der Waals surface area contributed by atoms with Crippen molar-refractivity contribution >= 4 is 15.9 Å². The van der Waals surface area contributed by atoms with Crippen molar-refractivity contribution in [2.75, 3.05) is 21.2 Å². The highest BCUT2D eigenvalue weighted by Crippen LogP contribution is 2.30. The minimum atomic E-state index is -3.71. The number of aromatic nitrogens is 2. The van der Waals surface area contributed by atoms with Crippen LogP contribution < -0.4 is 10.1 Å². The molecule has 3 aromatic rings. The summed E-state index contributed by atoms with van der Waals surface area (Å²) in [4.78, 5) is 17.9. The second-order valence-electron chi connectivity index (χ2n) is 7.75. The molecule has 9 heteroatoms. The van der Waals surface area contributed by atoms with Gasteiger partial charge in [0, 0.05) is 44.7 Å². The van der Waals surface area contributed by atoms with Gasteiger partial charge >= 0.3 is 0 Å². The summed E-state index contributed by atoms with van der Waals surface area (Å²) >= 11 is 0. The number of ether oxygens (including phenoxy) is 1. The lowest BCUT2D eigenvalue weighted by Crippen LogP contribution is -2.32. The number of carbonyl (C=O) groups is 1. The van der Waals surface area contributed by atoms with Gasteiger partial charge in [-0.15, -0.1) is 0 Å². The van der Waals surface area contributed by atoms with E-state index in [1.165, 1.54) is 20.2 Å². The number of nitrogens with one attached hydrogen (secondary N) is 1. The van der Waals surface area contributed by atoms with Crippen LogP contribution in [0, 0.1) is 13.8 Å². The average molecular weight is 457 g/mol. The quantitative estimate of drug-likeness (QED) is 0.590. The first kappa shape index (κ1) is 23.5. The van der Waals surface area contributed by atoms with Crippen LogP contribution in [0.1, 0.15) is 38.9 Å². The third-order valence-corrected chi connectivity index (χ3v) is 7.42. The number of sulfonamides is 1. The third-order valence-electron chi connectivity index (χ3n) is 5.48. The van der Waals surface area contributed by atoms with Gasteiger partial charge in [-0.05, 0) is 43.2 Å². The molecule has 1 aromatic heterocycles. The van der Waals surface area contributed by atoms with E-state index in [0.717, 1.165) is 9.87 Å². The fourth-order valence-corrected chi connectivity index (χ4v) is 4.70. The first-order valence-corrected chi connectivity index (χ1v) is 11.5. The number of imidazole rings is 1. The molecule has 0 radical (unpaired) electrons. The highest BCUT2D eigenvalue weighted by molar-refractivity contribution is 7.89. The first-order valence-electron chi connectivity index (χ1n) is 10.0. The van der Waals surface area contributed by atoms with E-state index in [0.29, 0.717) is 22.7 Å². The Morgan fingerprint density at radius 3 is 2.47 bits per heavy atom. The molecule has 0 spiro atoms. The van der Waals surface area contributed by atoms with Gasteiger partial charge in [0.25, 0.3) is 5.91 Å². The highest BCUT2D eigenvalue weighted by Gasteiger charge is 2.27. The molecule has 1 atom stereocenters. The summed E-state index contributed by atoms with van der Waals surface area (Å²) in [7, 11) is 2.63. The SMILES string of the molecule is COc1ccccc1C(NC(=O)c1cc(C)c(C)c(S(=O)(=O)N(C)C)c1)c1nccn1C. The highest BCUT2D eigenvalue weighted by atomic mass is 32.2. The van der Waals surface area contributed by atoms with E-state index in [1.807, 2.05) is 35.9 Å². The van der Waals surface area contributed by atoms with Crippen LogP contribution in [0.5, 0.6) is 5.75 Å². The number of methoxy groups -OCH3 is 1. The number of carbonyl (C=O) groups excluding carboxylic acids is 1. The van der Waals surface area contributed by atoms with Crippen LogP contribution >= 0.6 is 0 Å². The van der Waals surface area contributed by atoms with Crippen LogP contribution in [0.4, 0.5) is 0 Å². The predicted molar refractivity (Wildman–Crippen MR) is 122 cm³/mol. The van der Waals surface area contributed by atoms with Crippen molar-refractivity contribution in [1.82, 2.24) is 19.2 Å². The van der Waals surface area contributed by atoms with Crippen molar-refractivity contribution in [3.63, 3.8) is 0 Å². The van der Waals surface area contributed by atoms with Crippen LogP contribution in [-0.4, -0.2) is 49.4 Å². The summed E-state index contributed by atoms with van der Waals surface area (Å²) in [5, 5.41) is 3.01. The van der Waals surface area contributed by atoms with Gasteiger partial charge in [0.15, 0.2) is 0 Å². The van der Waals surface area contributed by atoms with Gasteiger partial charge in [0.1, 0.15) is 17.6 Å². The average Bonchev–Trinajstić information content (AvgIpc) is 3.18. The van der Waals surface area contributed by atoms with E-state index >= 15 is 0 Å². The standard InChI is InChI=1S/C23H28N4O4S/c1-15-13-17(14-20(16(15)2)32(29,30)26(3)4)23(28)25-21(22-24-11-12-27(22)5)18-9-7-8-10-19(18)31-6/h7-14,21H,1-6H3,(H,25,28). The number of hydrogen-bond donors (Lipinski definition) is 1. The van der Waals surface area contributed by atoms with Crippen molar-refractivity contribution in [2.24, 2.45) is 7.05 Å².